The maximum atomic E-state index is 12.0. The van der Waals surface area contributed by atoms with Crippen molar-refractivity contribution in [3.8, 4) is 0 Å². The second-order valence-corrected chi connectivity index (χ2v) is 5.29. The Labute approximate surface area is 109 Å². The molecule has 5 heteroatoms. The van der Waals surface area contributed by atoms with Crippen LogP contribution in [0.5, 0.6) is 0 Å². The number of H-pyrrole nitrogens is 1. The van der Waals surface area contributed by atoms with Crippen LogP contribution in [0.4, 0.5) is 4.79 Å². The van der Waals surface area contributed by atoms with E-state index >= 15 is 0 Å². The molecule has 1 aliphatic carbocycles. The van der Waals surface area contributed by atoms with Gasteiger partial charge in [0.05, 0.1) is 0 Å². The van der Waals surface area contributed by atoms with Crippen molar-refractivity contribution in [3.63, 3.8) is 0 Å². The molecule has 0 saturated carbocycles. The van der Waals surface area contributed by atoms with Gasteiger partial charge in [0.2, 0.25) is 0 Å². The number of rotatable bonds is 0. The summed E-state index contributed by atoms with van der Waals surface area (Å²) in [4.78, 5) is 26.8. The number of imide groups is 1. The Kier molecular flexibility index (Phi) is 1.88. The molecule has 5 nitrogen and oxygen atoms in total. The van der Waals surface area contributed by atoms with Crippen molar-refractivity contribution in [1.82, 2.24) is 15.6 Å². The molecule has 3 N–H and O–H groups in total. The highest BCUT2D eigenvalue weighted by Gasteiger charge is 2.48. The van der Waals surface area contributed by atoms with E-state index in [1.54, 1.807) is 0 Å². The van der Waals surface area contributed by atoms with Crippen molar-refractivity contribution in [2.75, 3.05) is 0 Å². The van der Waals surface area contributed by atoms with Gasteiger partial charge in [-0.3, -0.25) is 10.1 Å². The fourth-order valence-corrected chi connectivity index (χ4v) is 3.23. The summed E-state index contributed by atoms with van der Waals surface area (Å²) in [5, 5.41) is 6.29. The quantitative estimate of drug-likeness (QED) is 0.619. The standard InChI is InChI=1S/C14H13N3O2/c18-12-14(17-13(19)16-12)6-5-11-9(7-14)8-3-1-2-4-10(8)15-11/h1-4,15H,5-7H2,(H2,16,17,18,19). The van der Waals surface area contributed by atoms with Crippen molar-refractivity contribution in [2.24, 2.45) is 0 Å². The molecule has 1 fully saturated rings. The molecule has 3 amide bonds. The lowest BCUT2D eigenvalue weighted by Gasteiger charge is -2.30. The normalized spacial score (nSPS) is 25.5. The summed E-state index contributed by atoms with van der Waals surface area (Å²) in [6.45, 7) is 0. The van der Waals surface area contributed by atoms with Gasteiger partial charge in [-0.25, -0.2) is 4.79 Å². The molecule has 2 aliphatic rings. The minimum atomic E-state index is -0.755. The predicted octanol–water partition coefficient (Wildman–Crippen LogP) is 1.23. The Morgan fingerprint density at radius 3 is 2.79 bits per heavy atom. The molecule has 1 aliphatic heterocycles. The number of amides is 3. The van der Waals surface area contributed by atoms with Crippen LogP contribution in [0.3, 0.4) is 0 Å². The molecular formula is C14H13N3O2. The summed E-state index contributed by atoms with van der Waals surface area (Å²) >= 11 is 0. The van der Waals surface area contributed by atoms with Gasteiger partial charge in [0.25, 0.3) is 5.91 Å². The van der Waals surface area contributed by atoms with Crippen LogP contribution >= 0.6 is 0 Å². The van der Waals surface area contributed by atoms with Gasteiger partial charge in [-0.05, 0) is 24.5 Å². The molecule has 19 heavy (non-hydrogen) atoms. The van der Waals surface area contributed by atoms with Crippen molar-refractivity contribution in [1.29, 1.82) is 0 Å². The van der Waals surface area contributed by atoms with Crippen LogP contribution in [0.25, 0.3) is 10.9 Å². The molecule has 1 saturated heterocycles. The first-order valence-electron chi connectivity index (χ1n) is 6.40. The number of para-hydroxylation sites is 1. The average Bonchev–Trinajstić information content (AvgIpc) is 2.88. The number of nitrogens with one attached hydrogen (secondary N) is 3. The lowest BCUT2D eigenvalue weighted by Crippen LogP contribution is -2.51. The smallest absolute Gasteiger partial charge is 0.322 e. The largest absolute Gasteiger partial charge is 0.358 e. The summed E-state index contributed by atoms with van der Waals surface area (Å²) < 4.78 is 0. The topological polar surface area (TPSA) is 74.0 Å². The van der Waals surface area contributed by atoms with Crippen molar-refractivity contribution >= 4 is 22.8 Å². The SMILES string of the molecule is O=C1NC(=O)C2(CCc3[nH]c4ccccc4c3C2)N1. The summed E-state index contributed by atoms with van der Waals surface area (Å²) in [7, 11) is 0. The highest BCUT2D eigenvalue weighted by atomic mass is 16.2. The van der Waals surface area contributed by atoms with E-state index < -0.39 is 5.54 Å². The monoisotopic (exact) mass is 255 g/mol. The number of aromatic amines is 1. The molecule has 1 spiro atoms. The first-order valence-corrected chi connectivity index (χ1v) is 6.40. The Morgan fingerprint density at radius 1 is 1.16 bits per heavy atom. The summed E-state index contributed by atoms with van der Waals surface area (Å²) in [5.74, 6) is -0.201. The van der Waals surface area contributed by atoms with E-state index in [-0.39, 0.29) is 11.9 Å². The first-order chi connectivity index (χ1) is 9.18. The highest BCUT2D eigenvalue weighted by molar-refractivity contribution is 6.07. The molecular weight excluding hydrogens is 242 g/mol. The lowest BCUT2D eigenvalue weighted by atomic mass is 9.80. The molecule has 0 bridgehead atoms. The predicted molar refractivity (Wildman–Crippen MR) is 69.7 cm³/mol. The number of benzene rings is 1. The lowest BCUT2D eigenvalue weighted by molar-refractivity contribution is -0.124. The first kappa shape index (κ1) is 10.6. The summed E-state index contributed by atoms with van der Waals surface area (Å²) in [6, 6.07) is 7.69. The zero-order valence-electron chi connectivity index (χ0n) is 10.2. The van der Waals surface area contributed by atoms with E-state index in [0.717, 1.165) is 22.9 Å². The number of urea groups is 1. The molecule has 96 valence electrons. The number of aryl methyl sites for hydroxylation is 1. The molecule has 2 heterocycles. The third-order valence-corrected chi connectivity index (χ3v) is 4.20. The molecule has 1 aromatic heterocycles. The van der Waals surface area contributed by atoms with Gasteiger partial charge >= 0.3 is 6.03 Å². The Balaban J connectivity index is 1.85. The van der Waals surface area contributed by atoms with E-state index in [2.05, 4.69) is 21.7 Å². The van der Waals surface area contributed by atoms with E-state index in [1.165, 1.54) is 5.69 Å². The Bertz CT molecular complexity index is 719. The maximum Gasteiger partial charge on any atom is 0.322 e. The van der Waals surface area contributed by atoms with Crippen LogP contribution in [0.2, 0.25) is 0 Å². The Morgan fingerprint density at radius 2 is 2.00 bits per heavy atom. The van der Waals surface area contributed by atoms with Crippen LogP contribution in [0.15, 0.2) is 24.3 Å². The van der Waals surface area contributed by atoms with Crippen LogP contribution in [-0.4, -0.2) is 22.5 Å². The third kappa shape index (κ3) is 1.35. The van der Waals surface area contributed by atoms with E-state index in [4.69, 9.17) is 0 Å². The highest BCUT2D eigenvalue weighted by Crippen LogP contribution is 2.35. The van der Waals surface area contributed by atoms with Crippen molar-refractivity contribution in [3.05, 3.63) is 35.5 Å². The number of carbonyl (C=O) groups excluding carboxylic acids is 2. The number of hydrogen-bond acceptors (Lipinski definition) is 2. The number of aromatic nitrogens is 1. The molecule has 1 aromatic carbocycles. The zero-order valence-corrected chi connectivity index (χ0v) is 10.2. The van der Waals surface area contributed by atoms with Gasteiger partial charge in [0.15, 0.2) is 0 Å². The number of hydrogen-bond donors (Lipinski definition) is 3. The zero-order chi connectivity index (χ0) is 13.0. The number of fused-ring (bicyclic) bond motifs is 3. The molecule has 0 radical (unpaired) electrons. The maximum absolute atomic E-state index is 12.0. The van der Waals surface area contributed by atoms with Gasteiger partial charge in [-0.15, -0.1) is 0 Å². The minimum absolute atomic E-state index is 0.201. The van der Waals surface area contributed by atoms with E-state index in [9.17, 15) is 9.59 Å². The third-order valence-electron chi connectivity index (χ3n) is 4.20. The van der Waals surface area contributed by atoms with Crippen LogP contribution < -0.4 is 10.6 Å². The number of carbonyl (C=O) groups is 2. The van der Waals surface area contributed by atoms with E-state index in [1.807, 2.05) is 18.2 Å². The van der Waals surface area contributed by atoms with Gasteiger partial charge in [0, 0.05) is 23.0 Å². The van der Waals surface area contributed by atoms with Gasteiger partial charge in [0.1, 0.15) is 5.54 Å². The second-order valence-electron chi connectivity index (χ2n) is 5.29. The van der Waals surface area contributed by atoms with Crippen molar-refractivity contribution in [2.45, 2.75) is 24.8 Å². The van der Waals surface area contributed by atoms with Gasteiger partial charge < -0.3 is 10.3 Å². The van der Waals surface area contributed by atoms with Crippen LogP contribution in [-0.2, 0) is 17.6 Å². The average molecular weight is 255 g/mol. The molecule has 4 rings (SSSR count). The van der Waals surface area contributed by atoms with Crippen molar-refractivity contribution < 1.29 is 9.59 Å². The molecule has 2 aromatic rings. The van der Waals surface area contributed by atoms with Crippen LogP contribution in [0, 0.1) is 0 Å². The van der Waals surface area contributed by atoms with E-state index in [0.29, 0.717) is 12.8 Å². The summed E-state index contributed by atoms with van der Waals surface area (Å²) in [5.41, 5.74) is 2.67. The van der Waals surface area contributed by atoms with Gasteiger partial charge in [-0.1, -0.05) is 18.2 Å². The second kappa shape index (κ2) is 3.38. The van der Waals surface area contributed by atoms with Crippen LogP contribution in [0.1, 0.15) is 17.7 Å². The molecule has 1 atom stereocenters. The fourth-order valence-electron chi connectivity index (χ4n) is 3.23. The molecule has 1 unspecified atom stereocenters. The van der Waals surface area contributed by atoms with Gasteiger partial charge in [-0.2, -0.15) is 0 Å². The summed E-state index contributed by atoms with van der Waals surface area (Å²) in [6.07, 6.45) is 1.98. The minimum Gasteiger partial charge on any atom is -0.358 e. The Hall–Kier alpha value is -2.30. The fraction of sp³-hybridized carbons (Fsp3) is 0.286.